The second-order valence-corrected chi connectivity index (χ2v) is 7.28. The van der Waals surface area contributed by atoms with E-state index in [1.54, 1.807) is 42.1 Å². The van der Waals surface area contributed by atoms with Crippen LogP contribution in [0.5, 0.6) is 0 Å². The Bertz CT molecular complexity index is 1250. The number of fused-ring (bicyclic) bond motifs is 1. The normalized spacial score (nSPS) is 10.8. The summed E-state index contributed by atoms with van der Waals surface area (Å²) in [6.07, 6.45) is 3.06. The second kappa shape index (κ2) is 9.61. The van der Waals surface area contributed by atoms with Crippen molar-refractivity contribution in [2.75, 3.05) is 17.2 Å². The topological polar surface area (TPSA) is 94.0 Å². The zero-order valence-electron chi connectivity index (χ0n) is 17.2. The summed E-state index contributed by atoms with van der Waals surface area (Å²) in [7, 11) is 0. The van der Waals surface area contributed by atoms with E-state index in [-0.39, 0.29) is 24.2 Å². The number of hydrogen-bond acceptors (Lipinski definition) is 7. The van der Waals surface area contributed by atoms with Gasteiger partial charge in [-0.3, -0.25) is 9.48 Å². The molecule has 0 aliphatic heterocycles. The molecule has 2 aromatic heterocycles. The molecule has 2 heterocycles. The van der Waals surface area contributed by atoms with Gasteiger partial charge in [0.1, 0.15) is 0 Å². The minimum absolute atomic E-state index is 0.0395. The highest BCUT2D eigenvalue weighted by Gasteiger charge is 2.10. The van der Waals surface area contributed by atoms with E-state index in [4.69, 9.17) is 16.3 Å². The van der Waals surface area contributed by atoms with Gasteiger partial charge in [0.2, 0.25) is 5.95 Å². The minimum Gasteiger partial charge on any atom is -0.466 e. The molecule has 0 bridgehead atoms. The number of esters is 1. The van der Waals surface area contributed by atoms with Gasteiger partial charge in [-0.2, -0.15) is 10.1 Å². The van der Waals surface area contributed by atoms with E-state index in [1.807, 2.05) is 18.2 Å². The Morgan fingerprint density at radius 3 is 2.69 bits per heavy atom. The number of aromatic nitrogens is 4. The predicted octanol–water partition coefficient (Wildman–Crippen LogP) is 5.06. The summed E-state index contributed by atoms with van der Waals surface area (Å²) in [4.78, 5) is 19.8. The summed E-state index contributed by atoms with van der Waals surface area (Å²) in [5, 5.41) is 11.8. The molecule has 0 saturated carbocycles. The number of nitrogens with one attached hydrogen (secondary N) is 2. The largest absolute Gasteiger partial charge is 0.466 e. The lowest BCUT2D eigenvalue weighted by Gasteiger charge is -2.10. The fraction of sp³-hybridized carbons (Fsp3) is 0.182. The second-order valence-electron chi connectivity index (χ2n) is 6.84. The monoisotopic (exact) mass is 454 g/mol. The molecule has 2 aromatic carbocycles. The number of carbonyl (C=O) groups excluding carboxylic acids is 1. The van der Waals surface area contributed by atoms with Crippen molar-refractivity contribution in [3.05, 3.63) is 65.7 Å². The SMILES string of the molecule is CCOC(=O)CCn1ncc2cc(Nc3ncc(F)c(Nc4ccc(Cl)cc4)n3)ccc21. The van der Waals surface area contributed by atoms with Crippen molar-refractivity contribution in [1.82, 2.24) is 19.7 Å². The number of hydrogen-bond donors (Lipinski definition) is 2. The van der Waals surface area contributed by atoms with Gasteiger partial charge in [0, 0.05) is 21.8 Å². The molecule has 4 rings (SSSR count). The quantitative estimate of drug-likeness (QED) is 0.359. The molecule has 8 nitrogen and oxygen atoms in total. The van der Waals surface area contributed by atoms with Crippen LogP contribution < -0.4 is 10.6 Å². The Morgan fingerprint density at radius 1 is 1.12 bits per heavy atom. The molecule has 0 aliphatic carbocycles. The van der Waals surface area contributed by atoms with E-state index in [0.29, 0.717) is 29.5 Å². The molecule has 32 heavy (non-hydrogen) atoms. The van der Waals surface area contributed by atoms with Gasteiger partial charge in [-0.25, -0.2) is 9.37 Å². The number of rotatable bonds is 8. The third-order valence-electron chi connectivity index (χ3n) is 4.58. The summed E-state index contributed by atoms with van der Waals surface area (Å²) in [6, 6.07) is 12.4. The number of nitrogens with zero attached hydrogens (tertiary/aromatic N) is 4. The Morgan fingerprint density at radius 2 is 1.91 bits per heavy atom. The summed E-state index contributed by atoms with van der Waals surface area (Å²) in [6.45, 7) is 2.56. The summed E-state index contributed by atoms with van der Waals surface area (Å²) in [5.41, 5.74) is 2.24. The van der Waals surface area contributed by atoms with Crippen LogP contribution in [0, 0.1) is 5.82 Å². The van der Waals surface area contributed by atoms with Crippen LogP contribution in [-0.4, -0.2) is 32.3 Å². The van der Waals surface area contributed by atoms with E-state index in [9.17, 15) is 9.18 Å². The smallest absolute Gasteiger partial charge is 0.307 e. The number of anilines is 4. The maximum Gasteiger partial charge on any atom is 0.307 e. The lowest BCUT2D eigenvalue weighted by molar-refractivity contribution is -0.143. The maximum atomic E-state index is 14.2. The highest BCUT2D eigenvalue weighted by molar-refractivity contribution is 6.30. The average Bonchev–Trinajstić information content (AvgIpc) is 3.18. The first kappa shape index (κ1) is 21.5. The van der Waals surface area contributed by atoms with Crippen molar-refractivity contribution >= 4 is 51.6 Å². The van der Waals surface area contributed by atoms with Crippen molar-refractivity contribution in [3.8, 4) is 0 Å². The number of halogens is 2. The molecule has 0 spiro atoms. The van der Waals surface area contributed by atoms with Gasteiger partial charge in [-0.05, 0) is 49.4 Å². The Kier molecular flexibility index (Phi) is 6.46. The first-order chi connectivity index (χ1) is 15.5. The van der Waals surface area contributed by atoms with Gasteiger partial charge in [-0.15, -0.1) is 0 Å². The van der Waals surface area contributed by atoms with Crippen molar-refractivity contribution in [1.29, 1.82) is 0 Å². The Balaban J connectivity index is 1.48. The molecule has 0 radical (unpaired) electrons. The fourth-order valence-corrected chi connectivity index (χ4v) is 3.21. The van der Waals surface area contributed by atoms with E-state index in [2.05, 4.69) is 25.7 Å². The van der Waals surface area contributed by atoms with Gasteiger partial charge in [-0.1, -0.05) is 11.6 Å². The van der Waals surface area contributed by atoms with E-state index in [0.717, 1.165) is 17.1 Å². The number of ether oxygens (including phenoxy) is 1. The van der Waals surface area contributed by atoms with E-state index in [1.165, 1.54) is 0 Å². The third-order valence-corrected chi connectivity index (χ3v) is 4.83. The first-order valence-corrected chi connectivity index (χ1v) is 10.3. The molecule has 0 amide bonds. The summed E-state index contributed by atoms with van der Waals surface area (Å²) in [5.74, 6) is -0.565. The number of carbonyl (C=O) groups is 1. The van der Waals surface area contributed by atoms with Crippen LogP contribution in [0.1, 0.15) is 13.3 Å². The van der Waals surface area contributed by atoms with E-state index < -0.39 is 5.82 Å². The maximum absolute atomic E-state index is 14.2. The van der Waals surface area contributed by atoms with Crippen LogP contribution in [0.3, 0.4) is 0 Å². The third kappa shape index (κ3) is 5.12. The van der Waals surface area contributed by atoms with Crippen LogP contribution in [0.2, 0.25) is 5.02 Å². The van der Waals surface area contributed by atoms with Crippen molar-refractivity contribution < 1.29 is 13.9 Å². The van der Waals surface area contributed by atoms with Crippen LogP contribution in [0.15, 0.2) is 54.9 Å². The molecule has 0 aliphatic rings. The molecule has 2 N–H and O–H groups in total. The fourth-order valence-electron chi connectivity index (χ4n) is 3.09. The summed E-state index contributed by atoms with van der Waals surface area (Å²) < 4.78 is 20.9. The Hall–Kier alpha value is -3.72. The lowest BCUT2D eigenvalue weighted by Crippen LogP contribution is -2.09. The molecule has 10 heteroatoms. The van der Waals surface area contributed by atoms with Crippen molar-refractivity contribution in [2.45, 2.75) is 19.9 Å². The van der Waals surface area contributed by atoms with Crippen LogP contribution >= 0.6 is 11.6 Å². The average molecular weight is 455 g/mol. The molecule has 0 saturated heterocycles. The Labute approximate surface area is 188 Å². The molecule has 0 unspecified atom stereocenters. The zero-order valence-corrected chi connectivity index (χ0v) is 17.9. The molecule has 0 fully saturated rings. The van der Waals surface area contributed by atoms with E-state index >= 15 is 0 Å². The summed E-state index contributed by atoms with van der Waals surface area (Å²) >= 11 is 5.88. The van der Waals surface area contributed by atoms with Gasteiger partial charge < -0.3 is 15.4 Å². The molecule has 0 atom stereocenters. The molecule has 4 aromatic rings. The molecular weight excluding hydrogens is 435 g/mol. The van der Waals surface area contributed by atoms with Gasteiger partial charge in [0.25, 0.3) is 0 Å². The molecule has 164 valence electrons. The van der Waals surface area contributed by atoms with Gasteiger partial charge in [0.15, 0.2) is 11.6 Å². The van der Waals surface area contributed by atoms with Crippen LogP contribution in [0.25, 0.3) is 10.9 Å². The standard InChI is InChI=1S/C22H20ClFN6O2/c1-2-32-20(31)9-10-30-19-8-7-17(11-14(19)12-26-30)28-22-25-13-18(24)21(29-22)27-16-5-3-15(23)4-6-16/h3-8,11-13H,2,9-10H2,1H3,(H2,25,27,28,29). The van der Waals surface area contributed by atoms with Gasteiger partial charge >= 0.3 is 5.97 Å². The number of benzene rings is 2. The highest BCUT2D eigenvalue weighted by Crippen LogP contribution is 2.24. The van der Waals surface area contributed by atoms with Crippen molar-refractivity contribution in [3.63, 3.8) is 0 Å². The first-order valence-electron chi connectivity index (χ1n) is 9.95. The van der Waals surface area contributed by atoms with Gasteiger partial charge in [0.05, 0.1) is 37.5 Å². The minimum atomic E-state index is -0.580. The van der Waals surface area contributed by atoms with Crippen LogP contribution in [-0.2, 0) is 16.1 Å². The van der Waals surface area contributed by atoms with Crippen molar-refractivity contribution in [2.24, 2.45) is 0 Å². The predicted molar refractivity (Wildman–Crippen MR) is 121 cm³/mol. The lowest BCUT2D eigenvalue weighted by atomic mass is 10.2. The zero-order chi connectivity index (χ0) is 22.5. The number of aryl methyl sites for hydroxylation is 1. The van der Waals surface area contributed by atoms with Crippen LogP contribution in [0.4, 0.5) is 27.5 Å². The molecular formula is C22H20ClFN6O2. The highest BCUT2D eigenvalue weighted by atomic mass is 35.5.